The number of amides is 2. The van der Waals surface area contributed by atoms with E-state index in [0.29, 0.717) is 25.9 Å². The number of fused-ring (bicyclic) bond motifs is 1. The molecule has 2 aliphatic heterocycles. The number of nitrogens with one attached hydrogen (secondary N) is 2. The molecule has 0 spiro atoms. The number of ether oxygens (including phenoxy) is 1. The van der Waals surface area contributed by atoms with Gasteiger partial charge in [-0.2, -0.15) is 0 Å². The number of carbonyl (C=O) groups is 2. The van der Waals surface area contributed by atoms with Gasteiger partial charge in [0, 0.05) is 51.3 Å². The van der Waals surface area contributed by atoms with Gasteiger partial charge in [-0.25, -0.2) is 0 Å². The molecule has 0 unspecified atom stereocenters. The highest BCUT2D eigenvalue weighted by Gasteiger charge is 2.15. The number of hydrogen-bond acceptors (Lipinski definition) is 5. The van der Waals surface area contributed by atoms with Crippen molar-refractivity contribution in [2.75, 3.05) is 58.2 Å². The summed E-state index contributed by atoms with van der Waals surface area (Å²) in [5.41, 5.74) is 1.98. The van der Waals surface area contributed by atoms with Gasteiger partial charge in [0.25, 0.3) is 0 Å². The maximum Gasteiger partial charge on any atom is 0.224 e. The maximum absolute atomic E-state index is 11.9. The summed E-state index contributed by atoms with van der Waals surface area (Å²) >= 11 is 0. The standard InChI is InChI=1S/C21H32N4O3/c1-24-11-13-25(14-12-24)10-3-9-22-20(26)4-2-15-28-18-6-7-19-17(16-18)5-8-21(27)23-19/h6-7,16H,2-5,8-15H2,1H3,(H,22,26)(H,23,27). The highest BCUT2D eigenvalue weighted by molar-refractivity contribution is 5.94. The van der Waals surface area contributed by atoms with E-state index in [2.05, 4.69) is 27.5 Å². The Labute approximate surface area is 167 Å². The lowest BCUT2D eigenvalue weighted by atomic mass is 10.0. The summed E-state index contributed by atoms with van der Waals surface area (Å²) in [4.78, 5) is 28.1. The fraction of sp³-hybridized carbons (Fsp3) is 0.619. The molecule has 0 aliphatic carbocycles. The predicted octanol–water partition coefficient (Wildman–Crippen LogP) is 1.48. The summed E-state index contributed by atoms with van der Waals surface area (Å²) in [7, 11) is 2.16. The van der Waals surface area contributed by atoms with Crippen molar-refractivity contribution in [3.05, 3.63) is 23.8 Å². The van der Waals surface area contributed by atoms with Crippen molar-refractivity contribution < 1.29 is 14.3 Å². The molecule has 1 saturated heterocycles. The fourth-order valence-corrected chi connectivity index (χ4v) is 3.56. The van der Waals surface area contributed by atoms with Gasteiger partial charge >= 0.3 is 0 Å². The molecule has 2 heterocycles. The molecule has 3 rings (SSSR count). The van der Waals surface area contributed by atoms with Gasteiger partial charge in [-0.15, -0.1) is 0 Å². The Hall–Kier alpha value is -2.12. The molecular weight excluding hydrogens is 356 g/mol. The molecule has 7 heteroatoms. The minimum absolute atomic E-state index is 0.0655. The molecule has 0 saturated carbocycles. The molecule has 0 aromatic heterocycles. The molecule has 0 radical (unpaired) electrons. The van der Waals surface area contributed by atoms with Gasteiger partial charge in [0.2, 0.25) is 11.8 Å². The Bertz CT molecular complexity index is 672. The average molecular weight is 389 g/mol. The molecule has 2 amide bonds. The van der Waals surface area contributed by atoms with E-state index in [0.717, 1.165) is 69.1 Å². The van der Waals surface area contributed by atoms with Crippen LogP contribution in [0, 0.1) is 0 Å². The molecule has 1 aromatic carbocycles. The topological polar surface area (TPSA) is 73.9 Å². The lowest BCUT2D eigenvalue weighted by molar-refractivity contribution is -0.121. The van der Waals surface area contributed by atoms with Gasteiger partial charge in [0.05, 0.1) is 6.61 Å². The smallest absolute Gasteiger partial charge is 0.224 e. The first-order valence-corrected chi connectivity index (χ1v) is 10.3. The van der Waals surface area contributed by atoms with Crippen molar-refractivity contribution in [3.8, 4) is 5.75 Å². The zero-order valence-corrected chi connectivity index (χ0v) is 16.8. The fourth-order valence-electron chi connectivity index (χ4n) is 3.56. The van der Waals surface area contributed by atoms with Crippen LogP contribution in [0.2, 0.25) is 0 Å². The Kier molecular flexibility index (Phi) is 7.68. The minimum Gasteiger partial charge on any atom is -0.494 e. The number of hydrogen-bond donors (Lipinski definition) is 2. The van der Waals surface area contributed by atoms with E-state index >= 15 is 0 Å². The molecule has 0 bridgehead atoms. The van der Waals surface area contributed by atoms with Crippen molar-refractivity contribution in [3.63, 3.8) is 0 Å². The van der Waals surface area contributed by atoms with Crippen molar-refractivity contribution in [2.45, 2.75) is 32.1 Å². The van der Waals surface area contributed by atoms with Gasteiger partial charge in [-0.1, -0.05) is 0 Å². The number of rotatable bonds is 9. The molecule has 1 fully saturated rings. The molecule has 1 aromatic rings. The Balaban J connectivity index is 1.24. The Morgan fingerprint density at radius 1 is 1.18 bits per heavy atom. The van der Waals surface area contributed by atoms with E-state index in [1.54, 1.807) is 0 Å². The lowest BCUT2D eigenvalue weighted by Gasteiger charge is -2.32. The summed E-state index contributed by atoms with van der Waals surface area (Å²) in [6, 6.07) is 5.73. The number of anilines is 1. The van der Waals surface area contributed by atoms with Crippen LogP contribution in [0.1, 0.15) is 31.2 Å². The van der Waals surface area contributed by atoms with Crippen molar-refractivity contribution in [1.82, 2.24) is 15.1 Å². The van der Waals surface area contributed by atoms with Gasteiger partial charge in [0.15, 0.2) is 0 Å². The summed E-state index contributed by atoms with van der Waals surface area (Å²) in [6.07, 6.45) is 3.44. The predicted molar refractivity (Wildman–Crippen MR) is 110 cm³/mol. The van der Waals surface area contributed by atoms with E-state index in [9.17, 15) is 9.59 Å². The molecule has 154 valence electrons. The number of carbonyl (C=O) groups excluding carboxylic acids is 2. The summed E-state index contributed by atoms with van der Waals surface area (Å²) in [5, 5.41) is 5.87. The second-order valence-corrected chi connectivity index (χ2v) is 7.67. The summed E-state index contributed by atoms with van der Waals surface area (Å²) in [6.45, 7) is 6.81. The summed E-state index contributed by atoms with van der Waals surface area (Å²) in [5.74, 6) is 0.952. The molecule has 28 heavy (non-hydrogen) atoms. The first kappa shape index (κ1) is 20.6. The third-order valence-corrected chi connectivity index (χ3v) is 5.36. The largest absolute Gasteiger partial charge is 0.494 e. The van der Waals surface area contributed by atoms with E-state index in [-0.39, 0.29) is 11.8 Å². The van der Waals surface area contributed by atoms with Crippen molar-refractivity contribution in [1.29, 1.82) is 0 Å². The monoisotopic (exact) mass is 388 g/mol. The number of likely N-dealkylation sites (N-methyl/N-ethyl adjacent to an activating group) is 1. The van der Waals surface area contributed by atoms with Crippen molar-refractivity contribution in [2.24, 2.45) is 0 Å². The molecular formula is C21H32N4O3. The number of piperazine rings is 1. The highest BCUT2D eigenvalue weighted by Crippen LogP contribution is 2.26. The number of nitrogens with zero attached hydrogens (tertiary/aromatic N) is 2. The normalized spacial score (nSPS) is 17.7. The van der Waals surface area contributed by atoms with Crippen LogP contribution in [0.5, 0.6) is 5.75 Å². The molecule has 7 nitrogen and oxygen atoms in total. The minimum atomic E-state index is 0.0655. The van der Waals surface area contributed by atoms with Crippen molar-refractivity contribution >= 4 is 17.5 Å². The van der Waals surface area contributed by atoms with Crippen LogP contribution in [-0.4, -0.2) is 74.5 Å². The van der Waals surface area contributed by atoms with Gasteiger partial charge in [0.1, 0.15) is 5.75 Å². The van der Waals surface area contributed by atoms with E-state index < -0.39 is 0 Å². The van der Waals surface area contributed by atoms with E-state index in [1.165, 1.54) is 0 Å². The molecule has 0 atom stereocenters. The number of benzene rings is 1. The highest BCUT2D eigenvalue weighted by atomic mass is 16.5. The Morgan fingerprint density at radius 2 is 2.00 bits per heavy atom. The van der Waals surface area contributed by atoms with Gasteiger partial charge in [-0.3, -0.25) is 9.59 Å². The maximum atomic E-state index is 11.9. The second kappa shape index (κ2) is 10.4. The quantitative estimate of drug-likeness (QED) is 0.627. The zero-order chi connectivity index (χ0) is 19.8. The number of aryl methyl sites for hydroxylation is 1. The third kappa shape index (κ3) is 6.49. The average Bonchev–Trinajstić information content (AvgIpc) is 2.70. The first-order valence-electron chi connectivity index (χ1n) is 10.3. The molecule has 2 N–H and O–H groups in total. The van der Waals surface area contributed by atoms with Gasteiger partial charge in [-0.05, 0) is 56.6 Å². The first-order chi connectivity index (χ1) is 13.6. The van der Waals surface area contributed by atoms with E-state index in [1.807, 2.05) is 18.2 Å². The zero-order valence-electron chi connectivity index (χ0n) is 16.8. The van der Waals surface area contributed by atoms with Crippen LogP contribution >= 0.6 is 0 Å². The van der Waals surface area contributed by atoms with Gasteiger partial charge < -0.3 is 25.2 Å². The van der Waals surface area contributed by atoms with Crippen LogP contribution in [0.4, 0.5) is 5.69 Å². The Morgan fingerprint density at radius 3 is 2.82 bits per heavy atom. The molecule has 2 aliphatic rings. The van der Waals surface area contributed by atoms with Crippen LogP contribution in [-0.2, 0) is 16.0 Å². The van der Waals surface area contributed by atoms with Crippen LogP contribution < -0.4 is 15.4 Å². The van der Waals surface area contributed by atoms with Crippen LogP contribution in [0.25, 0.3) is 0 Å². The lowest BCUT2D eigenvalue weighted by Crippen LogP contribution is -2.45. The second-order valence-electron chi connectivity index (χ2n) is 7.67. The summed E-state index contributed by atoms with van der Waals surface area (Å²) < 4.78 is 5.76. The SMILES string of the molecule is CN1CCN(CCCNC(=O)CCCOc2ccc3c(c2)CCC(=O)N3)CC1. The van der Waals surface area contributed by atoms with Crippen LogP contribution in [0.3, 0.4) is 0 Å². The third-order valence-electron chi connectivity index (χ3n) is 5.36. The van der Waals surface area contributed by atoms with Crippen LogP contribution in [0.15, 0.2) is 18.2 Å². The van der Waals surface area contributed by atoms with E-state index in [4.69, 9.17) is 4.74 Å².